The Balaban J connectivity index is 1.42. The highest BCUT2D eigenvalue weighted by molar-refractivity contribution is 5.28. The van der Waals surface area contributed by atoms with Gasteiger partial charge >= 0.3 is 0 Å². The summed E-state index contributed by atoms with van der Waals surface area (Å²) in [6.07, 6.45) is 7.27. The summed E-state index contributed by atoms with van der Waals surface area (Å²) in [4.78, 5) is 11.8. The summed E-state index contributed by atoms with van der Waals surface area (Å²) in [5, 5.41) is 0. The average molecular weight is 377 g/mol. The number of rotatable bonds is 7. The Bertz CT molecular complexity index is 917. The molecule has 4 rings (SSSR count). The van der Waals surface area contributed by atoms with Gasteiger partial charge in [-0.05, 0) is 36.2 Å². The maximum Gasteiger partial charge on any atom is 0.128 e. The van der Waals surface area contributed by atoms with Crippen molar-refractivity contribution in [1.82, 2.24) is 19.4 Å². The van der Waals surface area contributed by atoms with Crippen molar-refractivity contribution in [1.29, 1.82) is 0 Å². The van der Waals surface area contributed by atoms with Gasteiger partial charge in [0.15, 0.2) is 0 Å². The first kappa shape index (κ1) is 18.7. The summed E-state index contributed by atoms with van der Waals surface area (Å²) < 4.78 is 7.59. The smallest absolute Gasteiger partial charge is 0.128 e. The molecule has 1 aliphatic heterocycles. The number of hydrogen-bond acceptors (Lipinski definition) is 4. The minimum absolute atomic E-state index is 0.875. The van der Waals surface area contributed by atoms with Crippen molar-refractivity contribution in [2.75, 3.05) is 13.7 Å². The number of ether oxygens (including phenoxy) is 1. The second kappa shape index (κ2) is 8.57. The van der Waals surface area contributed by atoms with Crippen LogP contribution >= 0.6 is 0 Å². The van der Waals surface area contributed by atoms with Crippen molar-refractivity contribution in [2.45, 2.75) is 45.8 Å². The van der Waals surface area contributed by atoms with Gasteiger partial charge in [0.1, 0.15) is 11.6 Å². The lowest BCUT2D eigenvalue weighted by atomic mass is 10.1. The van der Waals surface area contributed by atoms with Crippen LogP contribution in [0, 0.1) is 0 Å². The Morgan fingerprint density at radius 1 is 1.11 bits per heavy atom. The third-order valence-electron chi connectivity index (χ3n) is 5.36. The number of methoxy groups -OCH3 is 1. The number of benzene rings is 1. The summed E-state index contributed by atoms with van der Waals surface area (Å²) in [6, 6.07) is 12.7. The summed E-state index contributed by atoms with van der Waals surface area (Å²) in [7, 11) is 1.70. The van der Waals surface area contributed by atoms with E-state index in [4.69, 9.17) is 9.72 Å². The van der Waals surface area contributed by atoms with E-state index in [9.17, 15) is 0 Å². The van der Waals surface area contributed by atoms with Gasteiger partial charge in [-0.3, -0.25) is 4.90 Å². The van der Waals surface area contributed by atoms with Gasteiger partial charge in [0.2, 0.25) is 0 Å². The van der Waals surface area contributed by atoms with E-state index < -0.39 is 0 Å². The lowest BCUT2D eigenvalue weighted by Gasteiger charge is -2.28. The van der Waals surface area contributed by atoms with Crippen molar-refractivity contribution >= 4 is 0 Å². The lowest BCUT2D eigenvalue weighted by molar-refractivity contribution is 0.237. The number of fused-ring (bicyclic) bond motifs is 1. The number of hydrogen-bond donors (Lipinski definition) is 0. The van der Waals surface area contributed by atoms with Crippen molar-refractivity contribution in [3.05, 3.63) is 77.1 Å². The molecule has 28 heavy (non-hydrogen) atoms. The minimum Gasteiger partial charge on any atom is -0.497 e. The molecule has 1 aliphatic rings. The molecule has 0 atom stereocenters. The molecule has 0 radical (unpaired) electrons. The molecule has 146 valence electrons. The van der Waals surface area contributed by atoms with Gasteiger partial charge in [0, 0.05) is 68.4 Å². The number of aryl methyl sites for hydroxylation is 1. The molecule has 0 fully saturated rings. The third kappa shape index (κ3) is 4.25. The summed E-state index contributed by atoms with van der Waals surface area (Å²) >= 11 is 0. The molecule has 0 aliphatic carbocycles. The van der Waals surface area contributed by atoms with Crippen LogP contribution < -0.4 is 4.74 Å². The fraction of sp³-hybridized carbons (Fsp3) is 0.391. The molecule has 5 heteroatoms. The van der Waals surface area contributed by atoms with Crippen LogP contribution in [-0.2, 0) is 32.5 Å². The minimum atomic E-state index is 0.875. The SMILES string of the molecule is CCCc1ncc2c(n1)CCN(Cc1cccn1Cc1ccc(OC)cc1)C2. The van der Waals surface area contributed by atoms with E-state index in [1.807, 2.05) is 18.3 Å². The van der Waals surface area contributed by atoms with Crippen LogP contribution in [0.5, 0.6) is 5.75 Å². The van der Waals surface area contributed by atoms with Gasteiger partial charge in [-0.25, -0.2) is 9.97 Å². The highest BCUT2D eigenvalue weighted by Crippen LogP contribution is 2.20. The highest BCUT2D eigenvalue weighted by Gasteiger charge is 2.19. The normalized spacial score (nSPS) is 14.1. The second-order valence-electron chi connectivity index (χ2n) is 7.44. The fourth-order valence-corrected chi connectivity index (χ4v) is 3.80. The quantitative estimate of drug-likeness (QED) is 0.628. The molecular formula is C23H28N4O. The van der Waals surface area contributed by atoms with Gasteiger partial charge in [-0.1, -0.05) is 19.1 Å². The first-order valence-electron chi connectivity index (χ1n) is 10.1. The predicted octanol–water partition coefficient (Wildman–Crippen LogP) is 3.85. The van der Waals surface area contributed by atoms with Crippen LogP contribution in [0.4, 0.5) is 0 Å². The van der Waals surface area contributed by atoms with E-state index >= 15 is 0 Å². The zero-order chi connectivity index (χ0) is 19.3. The molecule has 0 unspecified atom stereocenters. The molecule has 1 aromatic carbocycles. The van der Waals surface area contributed by atoms with E-state index in [0.717, 1.165) is 57.0 Å². The molecule has 0 spiro atoms. The van der Waals surface area contributed by atoms with Crippen LogP contribution in [0.15, 0.2) is 48.8 Å². The van der Waals surface area contributed by atoms with E-state index in [1.54, 1.807) is 7.11 Å². The maximum atomic E-state index is 5.25. The monoisotopic (exact) mass is 376 g/mol. The Hall–Kier alpha value is -2.66. The number of nitrogens with zero attached hydrogens (tertiary/aromatic N) is 4. The lowest BCUT2D eigenvalue weighted by Crippen LogP contribution is -2.31. The van der Waals surface area contributed by atoms with Gasteiger partial charge in [0.05, 0.1) is 7.11 Å². The zero-order valence-electron chi connectivity index (χ0n) is 16.8. The first-order valence-corrected chi connectivity index (χ1v) is 10.1. The summed E-state index contributed by atoms with van der Waals surface area (Å²) in [6.45, 7) is 5.96. The Morgan fingerprint density at radius 3 is 2.75 bits per heavy atom. The standard InChI is InChI=1S/C23H28N4O/c1-3-5-23-24-14-19-16-26(13-11-22(19)25-23)17-20-6-4-12-27(20)15-18-7-9-21(28-2)10-8-18/h4,6-10,12,14H,3,5,11,13,15-17H2,1-2H3. The van der Waals surface area contributed by atoms with Crippen molar-refractivity contribution in [2.24, 2.45) is 0 Å². The molecular weight excluding hydrogens is 348 g/mol. The van der Waals surface area contributed by atoms with Gasteiger partial charge in [-0.15, -0.1) is 0 Å². The van der Waals surface area contributed by atoms with E-state index in [-0.39, 0.29) is 0 Å². The van der Waals surface area contributed by atoms with Gasteiger partial charge in [-0.2, -0.15) is 0 Å². The maximum absolute atomic E-state index is 5.25. The van der Waals surface area contributed by atoms with Crippen LogP contribution in [0.1, 0.15) is 41.7 Å². The fourth-order valence-electron chi connectivity index (χ4n) is 3.80. The molecule has 0 saturated carbocycles. The largest absolute Gasteiger partial charge is 0.497 e. The molecule has 0 N–H and O–H groups in total. The Morgan fingerprint density at radius 2 is 1.96 bits per heavy atom. The molecule has 0 saturated heterocycles. The van der Waals surface area contributed by atoms with Crippen LogP contribution in [0.3, 0.4) is 0 Å². The van der Waals surface area contributed by atoms with E-state index in [0.29, 0.717) is 0 Å². The van der Waals surface area contributed by atoms with Gasteiger partial charge < -0.3 is 9.30 Å². The van der Waals surface area contributed by atoms with Crippen molar-refractivity contribution < 1.29 is 4.74 Å². The van der Waals surface area contributed by atoms with Crippen molar-refractivity contribution in [3.63, 3.8) is 0 Å². The molecule has 5 nitrogen and oxygen atoms in total. The third-order valence-corrected chi connectivity index (χ3v) is 5.36. The molecule has 2 aromatic heterocycles. The van der Waals surface area contributed by atoms with Gasteiger partial charge in [0.25, 0.3) is 0 Å². The number of aromatic nitrogens is 3. The van der Waals surface area contributed by atoms with Crippen LogP contribution in [0.25, 0.3) is 0 Å². The molecule has 0 amide bonds. The Kier molecular flexibility index (Phi) is 5.72. The van der Waals surface area contributed by atoms with Crippen molar-refractivity contribution in [3.8, 4) is 5.75 Å². The zero-order valence-corrected chi connectivity index (χ0v) is 16.8. The summed E-state index contributed by atoms with van der Waals surface area (Å²) in [5.74, 6) is 1.89. The second-order valence-corrected chi connectivity index (χ2v) is 7.44. The topological polar surface area (TPSA) is 43.2 Å². The predicted molar refractivity (Wildman–Crippen MR) is 110 cm³/mol. The molecule has 3 heterocycles. The summed E-state index contributed by atoms with van der Waals surface area (Å²) in [5.41, 5.74) is 5.13. The van der Waals surface area contributed by atoms with Crippen LogP contribution in [-0.4, -0.2) is 33.1 Å². The first-order chi connectivity index (χ1) is 13.7. The molecule has 0 bridgehead atoms. The van der Waals surface area contributed by atoms with E-state index in [1.165, 1.54) is 22.5 Å². The molecule has 3 aromatic rings. The highest BCUT2D eigenvalue weighted by atomic mass is 16.5. The average Bonchev–Trinajstić information content (AvgIpc) is 3.15. The Labute approximate surface area is 167 Å². The van der Waals surface area contributed by atoms with Crippen LogP contribution in [0.2, 0.25) is 0 Å². The van der Waals surface area contributed by atoms with E-state index in [2.05, 4.69) is 51.8 Å².